The van der Waals surface area contributed by atoms with E-state index in [4.69, 9.17) is 4.74 Å². The maximum absolute atomic E-state index is 11.8. The van der Waals surface area contributed by atoms with Crippen molar-refractivity contribution >= 4 is 5.82 Å². The maximum atomic E-state index is 11.8. The summed E-state index contributed by atoms with van der Waals surface area (Å²) in [6, 6.07) is -0.00213. The van der Waals surface area contributed by atoms with Gasteiger partial charge >= 0.3 is 5.69 Å². The highest BCUT2D eigenvalue weighted by molar-refractivity contribution is 5.31. The van der Waals surface area contributed by atoms with E-state index in [-0.39, 0.29) is 11.9 Å². The van der Waals surface area contributed by atoms with Crippen molar-refractivity contribution in [1.29, 1.82) is 0 Å². The number of ether oxygens (including phenoxy) is 1. The van der Waals surface area contributed by atoms with Crippen LogP contribution in [0.3, 0.4) is 0 Å². The Morgan fingerprint density at radius 3 is 2.59 bits per heavy atom. The van der Waals surface area contributed by atoms with Crippen LogP contribution in [-0.2, 0) is 18.8 Å². The normalized spacial score (nSPS) is 12.5. The molecular formula is C10H18N4O3. The maximum Gasteiger partial charge on any atom is 0.346 e. The molecule has 0 bridgehead atoms. The molecule has 1 N–H and O–H groups in total. The van der Waals surface area contributed by atoms with Crippen molar-refractivity contribution in [3.05, 3.63) is 20.8 Å². The first-order valence-electron chi connectivity index (χ1n) is 5.41. The van der Waals surface area contributed by atoms with Gasteiger partial charge in [0, 0.05) is 21.2 Å². The summed E-state index contributed by atoms with van der Waals surface area (Å²) in [7, 11) is 4.52. The van der Waals surface area contributed by atoms with Crippen molar-refractivity contribution < 1.29 is 4.74 Å². The van der Waals surface area contributed by atoms with E-state index in [1.165, 1.54) is 14.1 Å². The highest BCUT2D eigenvalue weighted by Crippen LogP contribution is 1.99. The van der Waals surface area contributed by atoms with Crippen LogP contribution < -0.4 is 16.6 Å². The fourth-order valence-corrected chi connectivity index (χ4v) is 1.45. The van der Waals surface area contributed by atoms with Crippen molar-refractivity contribution in [1.82, 2.24) is 14.3 Å². The summed E-state index contributed by atoms with van der Waals surface area (Å²) in [6.45, 7) is 2.45. The second-order valence-corrected chi connectivity index (χ2v) is 3.82. The smallest absolute Gasteiger partial charge is 0.346 e. The zero-order chi connectivity index (χ0) is 13.0. The van der Waals surface area contributed by atoms with Gasteiger partial charge in [0.2, 0.25) is 5.82 Å². The van der Waals surface area contributed by atoms with E-state index in [0.29, 0.717) is 6.61 Å². The number of anilines is 1. The average molecular weight is 242 g/mol. The molecule has 96 valence electrons. The Morgan fingerprint density at radius 2 is 2.06 bits per heavy atom. The van der Waals surface area contributed by atoms with Crippen LogP contribution in [-0.4, -0.2) is 34.1 Å². The van der Waals surface area contributed by atoms with Gasteiger partial charge in [-0.25, -0.2) is 9.48 Å². The topological polar surface area (TPSA) is 78.2 Å². The van der Waals surface area contributed by atoms with Crippen LogP contribution in [0.15, 0.2) is 9.59 Å². The summed E-state index contributed by atoms with van der Waals surface area (Å²) in [5.41, 5.74) is -0.872. The van der Waals surface area contributed by atoms with Crippen LogP contribution in [0.1, 0.15) is 13.3 Å². The largest absolute Gasteiger partial charge is 0.383 e. The lowest BCUT2D eigenvalue weighted by molar-refractivity contribution is 0.184. The molecule has 7 heteroatoms. The number of hydrogen-bond acceptors (Lipinski definition) is 5. The predicted octanol–water partition coefficient (Wildman–Crippen LogP) is -0.684. The van der Waals surface area contributed by atoms with Gasteiger partial charge in [-0.1, -0.05) is 6.92 Å². The molecule has 17 heavy (non-hydrogen) atoms. The quantitative estimate of drug-likeness (QED) is 0.740. The predicted molar refractivity (Wildman–Crippen MR) is 64.3 cm³/mol. The van der Waals surface area contributed by atoms with Crippen molar-refractivity contribution in [2.45, 2.75) is 19.4 Å². The summed E-state index contributed by atoms with van der Waals surface area (Å²) in [6.07, 6.45) is 0.793. The van der Waals surface area contributed by atoms with Crippen LogP contribution in [0.5, 0.6) is 0 Å². The SMILES string of the molecule is CCC(COC)Nc1nn(C)c(=O)n(C)c1=O. The zero-order valence-corrected chi connectivity index (χ0v) is 10.6. The molecule has 1 rings (SSSR count). The number of rotatable bonds is 5. The minimum atomic E-state index is -0.444. The van der Waals surface area contributed by atoms with E-state index in [9.17, 15) is 9.59 Å². The lowest BCUT2D eigenvalue weighted by atomic mass is 10.2. The van der Waals surface area contributed by atoms with Crippen LogP contribution >= 0.6 is 0 Å². The van der Waals surface area contributed by atoms with Gasteiger partial charge in [-0.2, -0.15) is 0 Å². The summed E-state index contributed by atoms with van der Waals surface area (Å²) >= 11 is 0. The van der Waals surface area contributed by atoms with Crippen molar-refractivity contribution in [2.75, 3.05) is 19.0 Å². The van der Waals surface area contributed by atoms with Gasteiger partial charge in [-0.05, 0) is 6.42 Å². The van der Waals surface area contributed by atoms with E-state index in [1.807, 2.05) is 6.92 Å². The van der Waals surface area contributed by atoms with Crippen LogP contribution in [0.4, 0.5) is 5.82 Å². The van der Waals surface area contributed by atoms with Crippen molar-refractivity contribution in [3.63, 3.8) is 0 Å². The highest BCUT2D eigenvalue weighted by atomic mass is 16.5. The van der Waals surface area contributed by atoms with Gasteiger partial charge in [0.15, 0.2) is 0 Å². The molecule has 0 spiro atoms. The third kappa shape index (κ3) is 2.94. The van der Waals surface area contributed by atoms with E-state index >= 15 is 0 Å². The number of nitrogens with one attached hydrogen (secondary N) is 1. The van der Waals surface area contributed by atoms with Gasteiger partial charge in [-0.3, -0.25) is 9.36 Å². The number of hydrogen-bond donors (Lipinski definition) is 1. The molecule has 0 radical (unpaired) electrons. The van der Waals surface area contributed by atoms with E-state index < -0.39 is 11.2 Å². The third-order valence-corrected chi connectivity index (χ3v) is 2.52. The van der Waals surface area contributed by atoms with Gasteiger partial charge in [0.05, 0.1) is 12.6 Å². The Bertz CT molecular complexity index is 491. The second-order valence-electron chi connectivity index (χ2n) is 3.82. The molecule has 1 atom stereocenters. The summed E-state index contributed by atoms with van der Waals surface area (Å²) in [5, 5.41) is 6.88. The monoisotopic (exact) mass is 242 g/mol. The Kier molecular flexibility index (Phi) is 4.45. The van der Waals surface area contributed by atoms with Crippen LogP contribution in [0.25, 0.3) is 0 Å². The standard InChI is InChI=1S/C10H18N4O3/c1-5-7(6-17-4)11-8-9(15)13(2)10(16)14(3)12-8/h7H,5-6H2,1-4H3,(H,11,12). The highest BCUT2D eigenvalue weighted by Gasteiger charge is 2.12. The van der Waals surface area contributed by atoms with Gasteiger partial charge in [-0.15, -0.1) is 5.10 Å². The summed E-state index contributed by atoms with van der Waals surface area (Å²) in [4.78, 5) is 23.2. The minimum absolute atomic E-state index is 0.00213. The Morgan fingerprint density at radius 1 is 1.41 bits per heavy atom. The molecule has 7 nitrogen and oxygen atoms in total. The molecule has 0 aliphatic rings. The van der Waals surface area contributed by atoms with E-state index in [0.717, 1.165) is 15.7 Å². The fraction of sp³-hybridized carbons (Fsp3) is 0.700. The molecule has 0 saturated heterocycles. The van der Waals surface area contributed by atoms with Gasteiger partial charge in [0.25, 0.3) is 5.56 Å². The van der Waals surface area contributed by atoms with Crippen LogP contribution in [0, 0.1) is 0 Å². The average Bonchev–Trinajstić information content (AvgIpc) is 2.32. The van der Waals surface area contributed by atoms with E-state index in [1.54, 1.807) is 7.11 Å². The molecule has 0 aliphatic heterocycles. The zero-order valence-electron chi connectivity index (χ0n) is 10.6. The molecule has 0 saturated carbocycles. The molecule has 1 aromatic rings. The molecule has 1 heterocycles. The lowest BCUT2D eigenvalue weighted by Crippen LogP contribution is -2.41. The number of aromatic nitrogens is 3. The molecule has 1 unspecified atom stereocenters. The Hall–Kier alpha value is -1.63. The first-order valence-corrected chi connectivity index (χ1v) is 5.41. The van der Waals surface area contributed by atoms with Crippen LogP contribution in [0.2, 0.25) is 0 Å². The second kappa shape index (κ2) is 5.62. The summed E-state index contributed by atoms with van der Waals surface area (Å²) < 4.78 is 7.17. The first kappa shape index (κ1) is 13.4. The van der Waals surface area contributed by atoms with Gasteiger partial charge < -0.3 is 10.1 Å². The lowest BCUT2D eigenvalue weighted by Gasteiger charge is -2.16. The molecule has 0 aliphatic carbocycles. The van der Waals surface area contributed by atoms with E-state index in [2.05, 4.69) is 10.4 Å². The molecular weight excluding hydrogens is 224 g/mol. The molecule has 0 fully saturated rings. The fourth-order valence-electron chi connectivity index (χ4n) is 1.45. The Labute approximate surface area is 99.0 Å². The Balaban J connectivity index is 3.07. The van der Waals surface area contributed by atoms with Crippen molar-refractivity contribution in [2.24, 2.45) is 14.1 Å². The van der Waals surface area contributed by atoms with Gasteiger partial charge in [0.1, 0.15) is 0 Å². The number of nitrogens with zero attached hydrogens (tertiary/aromatic N) is 3. The third-order valence-electron chi connectivity index (χ3n) is 2.52. The minimum Gasteiger partial charge on any atom is -0.383 e. The first-order chi connectivity index (χ1) is 8.01. The molecule has 0 aromatic carbocycles. The molecule has 0 amide bonds. The number of methoxy groups -OCH3 is 1. The number of aryl methyl sites for hydroxylation is 1. The van der Waals surface area contributed by atoms with Crippen molar-refractivity contribution in [3.8, 4) is 0 Å². The summed E-state index contributed by atoms with van der Waals surface area (Å²) in [5.74, 6) is 0.165. The molecule has 1 aromatic heterocycles.